The van der Waals surface area contributed by atoms with Crippen molar-refractivity contribution in [3.63, 3.8) is 0 Å². The average molecular weight is 261 g/mol. The maximum atomic E-state index is 12.0. The van der Waals surface area contributed by atoms with Crippen LogP contribution in [0.1, 0.15) is 30.3 Å². The van der Waals surface area contributed by atoms with Gasteiger partial charge in [-0.25, -0.2) is 0 Å². The largest absolute Gasteiger partial charge is 0.348 e. The minimum absolute atomic E-state index is 0.0894. The van der Waals surface area contributed by atoms with Gasteiger partial charge in [0.25, 0.3) is 5.91 Å². The van der Waals surface area contributed by atoms with Crippen LogP contribution in [0.5, 0.6) is 0 Å². The highest BCUT2D eigenvalue weighted by Crippen LogP contribution is 2.32. The Morgan fingerprint density at radius 2 is 2.44 bits per heavy atom. The average Bonchev–Trinajstić information content (AvgIpc) is 2.89. The zero-order valence-electron chi connectivity index (χ0n) is 10.1. The second kappa shape index (κ2) is 4.57. The first-order valence-corrected chi connectivity index (χ1v) is 7.02. The quantitative estimate of drug-likeness (QED) is 0.889. The fourth-order valence-corrected chi connectivity index (χ4v) is 2.68. The first-order chi connectivity index (χ1) is 8.74. The van der Waals surface area contributed by atoms with E-state index in [9.17, 15) is 4.79 Å². The molecule has 18 heavy (non-hydrogen) atoms. The number of carbonyl (C=O) groups is 1. The number of nitrogens with zero attached hydrogens (tertiary/aromatic N) is 1. The summed E-state index contributed by atoms with van der Waals surface area (Å²) in [4.78, 5) is 13.1. The molecule has 5 heteroatoms. The lowest BCUT2D eigenvalue weighted by Crippen LogP contribution is -2.34. The number of H-pyrrole nitrogens is 1. The van der Waals surface area contributed by atoms with Crippen molar-refractivity contribution in [2.24, 2.45) is 5.92 Å². The van der Waals surface area contributed by atoms with Crippen molar-refractivity contribution >= 4 is 17.2 Å². The maximum absolute atomic E-state index is 12.0. The third kappa shape index (κ3) is 2.31. The Kier molecular flexibility index (Phi) is 2.91. The van der Waals surface area contributed by atoms with Crippen molar-refractivity contribution in [1.82, 2.24) is 15.5 Å². The molecule has 0 aromatic carbocycles. The second-order valence-electron chi connectivity index (χ2n) is 4.74. The number of hydrogen-bond donors (Lipinski definition) is 2. The lowest BCUT2D eigenvalue weighted by Gasteiger charge is -2.10. The molecular formula is C13H15N3OS. The highest BCUT2D eigenvalue weighted by Gasteiger charge is 2.29. The van der Waals surface area contributed by atoms with Crippen molar-refractivity contribution in [3.05, 3.63) is 29.3 Å². The monoisotopic (exact) mass is 261 g/mol. The summed E-state index contributed by atoms with van der Waals surface area (Å²) in [7, 11) is 0. The summed E-state index contributed by atoms with van der Waals surface area (Å²) >= 11 is 1.63. The third-order valence-corrected chi connectivity index (χ3v) is 4.19. The van der Waals surface area contributed by atoms with E-state index in [-0.39, 0.29) is 11.9 Å². The van der Waals surface area contributed by atoms with Gasteiger partial charge in [0.2, 0.25) is 0 Å². The molecule has 1 saturated carbocycles. The van der Waals surface area contributed by atoms with Crippen LogP contribution in [0.4, 0.5) is 0 Å². The highest BCUT2D eigenvalue weighted by atomic mass is 32.1. The molecule has 1 atom stereocenters. The Balaban J connectivity index is 1.70. The fraction of sp³-hybridized carbons (Fsp3) is 0.385. The van der Waals surface area contributed by atoms with Crippen LogP contribution in [0.3, 0.4) is 0 Å². The van der Waals surface area contributed by atoms with Crippen molar-refractivity contribution in [2.45, 2.75) is 25.8 Å². The predicted octanol–water partition coefficient (Wildman–Crippen LogP) is 2.67. The van der Waals surface area contributed by atoms with Gasteiger partial charge in [0.15, 0.2) is 5.69 Å². The lowest BCUT2D eigenvalue weighted by molar-refractivity contribution is 0.0931. The van der Waals surface area contributed by atoms with Gasteiger partial charge >= 0.3 is 0 Å². The van der Waals surface area contributed by atoms with Gasteiger partial charge in [0.1, 0.15) is 0 Å². The number of nitrogens with one attached hydrogen (secondary N) is 2. The Hall–Kier alpha value is -1.62. The van der Waals surface area contributed by atoms with Crippen LogP contribution >= 0.6 is 11.3 Å². The Labute approximate surface area is 109 Å². The first kappa shape index (κ1) is 11.5. The first-order valence-electron chi connectivity index (χ1n) is 6.14. The second-order valence-corrected chi connectivity index (χ2v) is 5.69. The molecule has 0 aliphatic heterocycles. The van der Waals surface area contributed by atoms with E-state index in [1.54, 1.807) is 17.4 Å². The Morgan fingerprint density at radius 3 is 3.11 bits per heavy atom. The summed E-state index contributed by atoms with van der Waals surface area (Å²) in [6.45, 7) is 2.06. The number of aromatic amines is 1. The molecule has 2 N–H and O–H groups in total. The topological polar surface area (TPSA) is 57.8 Å². The van der Waals surface area contributed by atoms with Gasteiger partial charge < -0.3 is 5.32 Å². The van der Waals surface area contributed by atoms with E-state index in [1.807, 2.05) is 17.5 Å². The summed E-state index contributed by atoms with van der Waals surface area (Å²) < 4.78 is 0. The van der Waals surface area contributed by atoms with Gasteiger partial charge in [-0.1, -0.05) is 6.07 Å². The zero-order valence-corrected chi connectivity index (χ0v) is 11.0. The molecule has 1 amide bonds. The summed E-state index contributed by atoms with van der Waals surface area (Å²) in [5.41, 5.74) is 1.36. The van der Waals surface area contributed by atoms with Crippen LogP contribution in [-0.4, -0.2) is 22.1 Å². The van der Waals surface area contributed by atoms with E-state index in [0.29, 0.717) is 11.6 Å². The summed E-state index contributed by atoms with van der Waals surface area (Å²) in [5.74, 6) is 0.568. The summed E-state index contributed by atoms with van der Waals surface area (Å²) in [6.07, 6.45) is 2.45. The molecule has 0 radical (unpaired) electrons. The molecule has 1 fully saturated rings. The number of rotatable bonds is 4. The molecule has 0 spiro atoms. The molecule has 0 bridgehead atoms. The van der Waals surface area contributed by atoms with E-state index < -0.39 is 0 Å². The molecule has 94 valence electrons. The van der Waals surface area contributed by atoms with Gasteiger partial charge in [-0.05, 0) is 43.2 Å². The minimum atomic E-state index is -0.0894. The molecule has 3 rings (SSSR count). The molecule has 4 nitrogen and oxygen atoms in total. The molecule has 0 saturated heterocycles. The fourth-order valence-electron chi connectivity index (χ4n) is 1.99. The predicted molar refractivity (Wildman–Crippen MR) is 71.6 cm³/mol. The normalized spacial score (nSPS) is 16.5. The zero-order chi connectivity index (χ0) is 12.5. The standard InChI is InChI=1S/C13H15N3OS/c1-8(9-4-5-9)14-13(17)11-7-10(15-16-11)12-3-2-6-18-12/h2-3,6-9H,4-5H2,1H3,(H,14,17)(H,15,16). The van der Waals surface area contributed by atoms with Crippen molar-refractivity contribution < 1.29 is 4.79 Å². The van der Waals surface area contributed by atoms with Crippen LogP contribution in [0, 0.1) is 5.92 Å². The highest BCUT2D eigenvalue weighted by molar-refractivity contribution is 7.13. The molecule has 1 aliphatic rings. The van der Waals surface area contributed by atoms with Crippen LogP contribution in [-0.2, 0) is 0 Å². The SMILES string of the molecule is CC(NC(=O)c1cc(-c2cccs2)[nH]n1)C1CC1. The Morgan fingerprint density at radius 1 is 1.61 bits per heavy atom. The van der Waals surface area contributed by atoms with E-state index in [2.05, 4.69) is 22.4 Å². The third-order valence-electron chi connectivity index (χ3n) is 3.29. The Bertz CT molecular complexity index is 542. The number of hydrogen-bond acceptors (Lipinski definition) is 3. The van der Waals surface area contributed by atoms with Crippen LogP contribution < -0.4 is 5.32 Å². The smallest absolute Gasteiger partial charge is 0.272 e. The van der Waals surface area contributed by atoms with Gasteiger partial charge in [-0.15, -0.1) is 11.3 Å². The summed E-state index contributed by atoms with van der Waals surface area (Å²) in [6, 6.07) is 6.04. The lowest BCUT2D eigenvalue weighted by atomic mass is 10.2. The van der Waals surface area contributed by atoms with Gasteiger partial charge in [-0.2, -0.15) is 5.10 Å². The molecule has 1 aliphatic carbocycles. The molecule has 1 unspecified atom stereocenters. The van der Waals surface area contributed by atoms with Crippen LogP contribution in [0.2, 0.25) is 0 Å². The van der Waals surface area contributed by atoms with E-state index in [4.69, 9.17) is 0 Å². The van der Waals surface area contributed by atoms with E-state index >= 15 is 0 Å². The van der Waals surface area contributed by atoms with E-state index in [1.165, 1.54) is 12.8 Å². The van der Waals surface area contributed by atoms with Crippen molar-refractivity contribution in [1.29, 1.82) is 0 Å². The number of amides is 1. The minimum Gasteiger partial charge on any atom is -0.348 e. The molecular weight excluding hydrogens is 246 g/mol. The van der Waals surface area contributed by atoms with Crippen molar-refractivity contribution in [2.75, 3.05) is 0 Å². The van der Waals surface area contributed by atoms with Crippen molar-refractivity contribution in [3.8, 4) is 10.6 Å². The maximum Gasteiger partial charge on any atom is 0.272 e. The molecule has 2 aromatic rings. The van der Waals surface area contributed by atoms with Crippen LogP contribution in [0.15, 0.2) is 23.6 Å². The number of thiophene rings is 1. The van der Waals surface area contributed by atoms with Crippen LogP contribution in [0.25, 0.3) is 10.6 Å². The molecule has 2 heterocycles. The van der Waals surface area contributed by atoms with Gasteiger partial charge in [0.05, 0.1) is 10.6 Å². The number of carbonyl (C=O) groups excluding carboxylic acids is 1. The van der Waals surface area contributed by atoms with Gasteiger partial charge in [0, 0.05) is 6.04 Å². The molecule has 2 aromatic heterocycles. The van der Waals surface area contributed by atoms with Gasteiger partial charge in [-0.3, -0.25) is 9.89 Å². The van der Waals surface area contributed by atoms with E-state index in [0.717, 1.165) is 10.6 Å². The summed E-state index contributed by atoms with van der Waals surface area (Å²) in [5, 5.41) is 12.0. The number of aromatic nitrogens is 2.